The molecule has 0 saturated heterocycles. The first-order valence-electron chi connectivity index (χ1n) is 4.88. The molecule has 5 nitrogen and oxygen atoms in total. The summed E-state index contributed by atoms with van der Waals surface area (Å²) in [5.41, 5.74) is 0. The lowest BCUT2D eigenvalue weighted by molar-refractivity contribution is 0.0587. The summed E-state index contributed by atoms with van der Waals surface area (Å²) in [6, 6.07) is 2.22. The average molecular weight is 207 g/mol. The van der Waals surface area contributed by atoms with Crippen molar-refractivity contribution in [1.82, 2.24) is 9.97 Å². The van der Waals surface area contributed by atoms with Crippen molar-refractivity contribution < 1.29 is 9.53 Å². The third kappa shape index (κ3) is 2.23. The molecule has 1 aromatic heterocycles. The number of rotatable bonds is 3. The first kappa shape index (κ1) is 9.89. The molecule has 1 aliphatic carbocycles. The fourth-order valence-corrected chi connectivity index (χ4v) is 1.34. The highest BCUT2D eigenvalue weighted by molar-refractivity contribution is 5.85. The van der Waals surface area contributed by atoms with Gasteiger partial charge < -0.3 is 10.1 Å². The van der Waals surface area contributed by atoms with Crippen molar-refractivity contribution in [2.45, 2.75) is 19.4 Å². The molecule has 1 saturated carbocycles. The summed E-state index contributed by atoms with van der Waals surface area (Å²) in [6.07, 6.45) is 2.70. The Morgan fingerprint density at radius 1 is 1.67 bits per heavy atom. The summed E-state index contributed by atoms with van der Waals surface area (Å²) in [7, 11) is 1.31. The average Bonchev–Trinajstić information content (AvgIpc) is 2.93. The fourth-order valence-electron chi connectivity index (χ4n) is 1.34. The molecule has 0 spiro atoms. The molecule has 15 heavy (non-hydrogen) atoms. The molecule has 1 aliphatic rings. The van der Waals surface area contributed by atoms with Crippen molar-refractivity contribution >= 4 is 11.8 Å². The van der Waals surface area contributed by atoms with Gasteiger partial charge in [0, 0.05) is 12.2 Å². The maximum Gasteiger partial charge on any atom is 0.376 e. The largest absolute Gasteiger partial charge is 0.463 e. The van der Waals surface area contributed by atoms with Crippen LogP contribution in [0.4, 0.5) is 5.82 Å². The number of ether oxygens (including phenoxy) is 1. The van der Waals surface area contributed by atoms with Crippen LogP contribution in [-0.4, -0.2) is 29.1 Å². The van der Waals surface area contributed by atoms with E-state index in [-0.39, 0.29) is 5.82 Å². The zero-order valence-electron chi connectivity index (χ0n) is 8.73. The van der Waals surface area contributed by atoms with E-state index in [0.717, 1.165) is 6.42 Å². The SMILES string of the molecule is COC(=O)c1nccc(NC2CC2C)n1. The highest BCUT2D eigenvalue weighted by atomic mass is 16.5. The molecule has 2 rings (SSSR count). The molecular formula is C10H13N3O2. The van der Waals surface area contributed by atoms with E-state index in [2.05, 4.69) is 26.9 Å². The smallest absolute Gasteiger partial charge is 0.376 e. The Morgan fingerprint density at radius 2 is 2.40 bits per heavy atom. The van der Waals surface area contributed by atoms with E-state index >= 15 is 0 Å². The van der Waals surface area contributed by atoms with Crippen LogP contribution in [0.3, 0.4) is 0 Å². The van der Waals surface area contributed by atoms with Gasteiger partial charge in [0.2, 0.25) is 5.82 Å². The molecule has 0 aromatic carbocycles. The minimum Gasteiger partial charge on any atom is -0.463 e. The number of hydrogen-bond acceptors (Lipinski definition) is 5. The third-order valence-corrected chi connectivity index (χ3v) is 2.47. The van der Waals surface area contributed by atoms with E-state index in [0.29, 0.717) is 17.8 Å². The van der Waals surface area contributed by atoms with E-state index in [1.807, 2.05) is 0 Å². The minimum atomic E-state index is -0.512. The summed E-state index contributed by atoms with van der Waals surface area (Å²) in [5.74, 6) is 0.944. The topological polar surface area (TPSA) is 64.1 Å². The van der Waals surface area contributed by atoms with Crippen LogP contribution in [0.25, 0.3) is 0 Å². The van der Waals surface area contributed by atoms with Crippen LogP contribution in [0.15, 0.2) is 12.3 Å². The lowest BCUT2D eigenvalue weighted by Gasteiger charge is -2.04. The third-order valence-electron chi connectivity index (χ3n) is 2.47. The Balaban J connectivity index is 2.08. The highest BCUT2D eigenvalue weighted by Gasteiger charge is 2.32. The Hall–Kier alpha value is -1.65. The van der Waals surface area contributed by atoms with Crippen LogP contribution in [0.1, 0.15) is 24.0 Å². The van der Waals surface area contributed by atoms with Gasteiger partial charge in [0.15, 0.2) is 0 Å². The van der Waals surface area contributed by atoms with Crippen LogP contribution in [0, 0.1) is 5.92 Å². The van der Waals surface area contributed by atoms with Gasteiger partial charge in [-0.2, -0.15) is 0 Å². The van der Waals surface area contributed by atoms with Gasteiger partial charge in [-0.15, -0.1) is 0 Å². The van der Waals surface area contributed by atoms with Gasteiger partial charge in [0.05, 0.1) is 7.11 Å². The fraction of sp³-hybridized carbons (Fsp3) is 0.500. The van der Waals surface area contributed by atoms with E-state index in [4.69, 9.17) is 0 Å². The normalized spacial score (nSPS) is 23.3. The van der Waals surface area contributed by atoms with E-state index < -0.39 is 5.97 Å². The summed E-state index contributed by atoms with van der Waals surface area (Å²) in [6.45, 7) is 2.17. The number of nitrogens with one attached hydrogen (secondary N) is 1. The Bertz CT molecular complexity index is 381. The summed E-state index contributed by atoms with van der Waals surface area (Å²) >= 11 is 0. The molecule has 0 amide bonds. The van der Waals surface area contributed by atoms with Crippen molar-refractivity contribution in [2.24, 2.45) is 5.92 Å². The number of esters is 1. The molecule has 2 atom stereocenters. The van der Waals surface area contributed by atoms with E-state index in [1.54, 1.807) is 12.3 Å². The van der Waals surface area contributed by atoms with Crippen LogP contribution < -0.4 is 5.32 Å². The van der Waals surface area contributed by atoms with Gasteiger partial charge in [-0.25, -0.2) is 14.8 Å². The minimum absolute atomic E-state index is 0.0933. The van der Waals surface area contributed by atoms with Crippen molar-refractivity contribution in [3.8, 4) is 0 Å². The number of methoxy groups -OCH3 is 1. The predicted molar refractivity (Wildman–Crippen MR) is 54.6 cm³/mol. The lowest BCUT2D eigenvalue weighted by Crippen LogP contribution is -2.11. The van der Waals surface area contributed by atoms with Gasteiger partial charge in [0.25, 0.3) is 0 Å². The molecule has 80 valence electrons. The quantitative estimate of drug-likeness (QED) is 0.751. The summed E-state index contributed by atoms with van der Waals surface area (Å²) in [5, 5.41) is 3.23. The van der Waals surface area contributed by atoms with Crippen molar-refractivity contribution in [3.63, 3.8) is 0 Å². The molecule has 1 heterocycles. The number of carbonyl (C=O) groups excluding carboxylic acids is 1. The molecule has 0 radical (unpaired) electrons. The predicted octanol–water partition coefficient (Wildman–Crippen LogP) is 1.08. The Labute approximate surface area is 87.9 Å². The molecule has 0 bridgehead atoms. The summed E-state index contributed by atoms with van der Waals surface area (Å²) in [4.78, 5) is 19.0. The van der Waals surface area contributed by atoms with E-state index in [9.17, 15) is 4.79 Å². The van der Waals surface area contributed by atoms with Crippen molar-refractivity contribution in [2.75, 3.05) is 12.4 Å². The number of nitrogens with zero attached hydrogens (tertiary/aromatic N) is 2. The number of aromatic nitrogens is 2. The number of carbonyl (C=O) groups is 1. The first-order valence-corrected chi connectivity index (χ1v) is 4.88. The van der Waals surface area contributed by atoms with Gasteiger partial charge >= 0.3 is 5.97 Å². The van der Waals surface area contributed by atoms with Crippen LogP contribution in [0.2, 0.25) is 0 Å². The Kier molecular flexibility index (Phi) is 2.53. The van der Waals surface area contributed by atoms with Crippen molar-refractivity contribution in [1.29, 1.82) is 0 Å². The van der Waals surface area contributed by atoms with Crippen LogP contribution >= 0.6 is 0 Å². The van der Waals surface area contributed by atoms with E-state index in [1.165, 1.54) is 7.11 Å². The number of hydrogen-bond donors (Lipinski definition) is 1. The summed E-state index contributed by atoms with van der Waals surface area (Å²) < 4.78 is 4.54. The second-order valence-electron chi connectivity index (χ2n) is 3.72. The maximum atomic E-state index is 11.2. The molecule has 1 fully saturated rings. The molecule has 0 aliphatic heterocycles. The Morgan fingerprint density at radius 3 is 3.00 bits per heavy atom. The lowest BCUT2D eigenvalue weighted by atomic mass is 10.4. The van der Waals surface area contributed by atoms with Crippen molar-refractivity contribution in [3.05, 3.63) is 18.1 Å². The second-order valence-corrected chi connectivity index (χ2v) is 3.72. The zero-order chi connectivity index (χ0) is 10.8. The van der Waals surface area contributed by atoms with Crippen LogP contribution in [-0.2, 0) is 4.74 Å². The van der Waals surface area contributed by atoms with Gasteiger partial charge in [-0.05, 0) is 18.4 Å². The molecule has 1 aromatic rings. The van der Waals surface area contributed by atoms with Crippen LogP contribution in [0.5, 0.6) is 0 Å². The molecular weight excluding hydrogens is 194 g/mol. The molecule has 1 N–H and O–H groups in total. The van der Waals surface area contributed by atoms with Gasteiger partial charge in [-0.1, -0.05) is 6.92 Å². The van der Waals surface area contributed by atoms with Gasteiger partial charge in [0.1, 0.15) is 5.82 Å². The number of anilines is 1. The first-order chi connectivity index (χ1) is 7.20. The molecule has 5 heteroatoms. The zero-order valence-corrected chi connectivity index (χ0v) is 8.73. The monoisotopic (exact) mass is 207 g/mol. The molecule has 2 unspecified atom stereocenters. The van der Waals surface area contributed by atoms with Gasteiger partial charge in [-0.3, -0.25) is 0 Å². The highest BCUT2D eigenvalue weighted by Crippen LogP contribution is 2.31. The standard InChI is InChI=1S/C10H13N3O2/c1-6-5-7(6)12-8-3-4-11-9(13-8)10(14)15-2/h3-4,6-7H,5H2,1-2H3,(H,11,12,13). The maximum absolute atomic E-state index is 11.2. The second kappa shape index (κ2) is 3.84.